The number of rotatable bonds is 8. The van der Waals surface area contributed by atoms with Crippen LogP contribution >= 0.6 is 35.1 Å². The van der Waals surface area contributed by atoms with E-state index in [0.717, 1.165) is 22.4 Å². The second kappa shape index (κ2) is 11.4. The van der Waals surface area contributed by atoms with E-state index in [-0.39, 0.29) is 11.7 Å². The van der Waals surface area contributed by atoms with Gasteiger partial charge in [-0.3, -0.25) is 9.36 Å². The first kappa shape index (κ1) is 24.1. The zero-order valence-corrected chi connectivity index (χ0v) is 21.0. The van der Waals surface area contributed by atoms with Gasteiger partial charge in [0.15, 0.2) is 11.0 Å². The van der Waals surface area contributed by atoms with Crippen molar-refractivity contribution in [3.63, 3.8) is 0 Å². The van der Waals surface area contributed by atoms with Crippen molar-refractivity contribution in [2.75, 3.05) is 12.0 Å². The molecule has 6 nitrogen and oxygen atoms in total. The van der Waals surface area contributed by atoms with Crippen LogP contribution in [0.1, 0.15) is 11.1 Å². The monoisotopic (exact) mass is 507 g/mol. The Balaban J connectivity index is 1.48. The normalized spacial score (nSPS) is 11.1. The van der Waals surface area contributed by atoms with Crippen LogP contribution in [0.2, 0.25) is 5.02 Å². The van der Waals surface area contributed by atoms with Crippen molar-refractivity contribution < 1.29 is 4.79 Å². The van der Waals surface area contributed by atoms with Crippen LogP contribution in [0.5, 0.6) is 0 Å². The van der Waals surface area contributed by atoms with Gasteiger partial charge in [-0.05, 0) is 55.1 Å². The Labute approximate surface area is 211 Å². The molecule has 0 saturated carbocycles. The van der Waals surface area contributed by atoms with Crippen molar-refractivity contribution in [1.29, 1.82) is 0 Å². The third-order valence-electron chi connectivity index (χ3n) is 4.88. The topological polar surface area (TPSA) is 72.2 Å². The molecular formula is C25H22ClN5OS2. The fourth-order valence-electron chi connectivity index (χ4n) is 3.11. The molecule has 172 valence electrons. The summed E-state index contributed by atoms with van der Waals surface area (Å²) in [5.41, 5.74) is 6.44. The number of thioether (sulfide) groups is 2. The number of carbonyl (C=O) groups excluding carboxylic acids is 1. The predicted octanol–water partition coefficient (Wildman–Crippen LogP) is 5.86. The summed E-state index contributed by atoms with van der Waals surface area (Å²) >= 11 is 9.05. The summed E-state index contributed by atoms with van der Waals surface area (Å²) < 4.78 is 1.93. The second-order valence-corrected chi connectivity index (χ2v) is 9.60. The molecule has 0 atom stereocenters. The fraction of sp³-hybridized carbons (Fsp3) is 0.120. The van der Waals surface area contributed by atoms with Gasteiger partial charge in [0.1, 0.15) is 0 Å². The Morgan fingerprint density at radius 3 is 2.41 bits per heavy atom. The molecule has 0 aliphatic carbocycles. The third kappa shape index (κ3) is 6.08. The summed E-state index contributed by atoms with van der Waals surface area (Å²) in [4.78, 5) is 13.6. The van der Waals surface area contributed by atoms with Crippen LogP contribution in [0.25, 0.3) is 17.1 Å². The minimum absolute atomic E-state index is 0.141. The van der Waals surface area contributed by atoms with Crippen LogP contribution in [-0.4, -0.2) is 38.9 Å². The highest BCUT2D eigenvalue weighted by molar-refractivity contribution is 7.99. The molecule has 0 unspecified atom stereocenters. The number of amides is 1. The average molecular weight is 508 g/mol. The maximum Gasteiger partial charge on any atom is 0.250 e. The molecule has 0 saturated heterocycles. The first-order valence-electron chi connectivity index (χ1n) is 10.4. The summed E-state index contributed by atoms with van der Waals surface area (Å²) in [5, 5.41) is 14.1. The summed E-state index contributed by atoms with van der Waals surface area (Å²) in [7, 11) is 0. The molecule has 0 spiro atoms. The standard InChI is InChI=1S/C25H22ClN5OS2/c1-17-3-7-19(8-4-17)24-29-30-25(31(24)21-11-9-20(26)10-12-21)34-16-23(32)28-27-15-18-5-13-22(33-2)14-6-18/h3-15H,16H2,1-2H3,(H,28,32)/b27-15-. The molecule has 3 aromatic carbocycles. The summed E-state index contributed by atoms with van der Waals surface area (Å²) in [6, 6.07) is 23.5. The lowest BCUT2D eigenvalue weighted by atomic mass is 10.1. The summed E-state index contributed by atoms with van der Waals surface area (Å²) in [6.45, 7) is 2.04. The van der Waals surface area contributed by atoms with Gasteiger partial charge in [0.2, 0.25) is 0 Å². The van der Waals surface area contributed by atoms with Gasteiger partial charge in [0, 0.05) is 21.2 Å². The molecule has 9 heteroatoms. The van der Waals surface area contributed by atoms with E-state index in [1.165, 1.54) is 16.7 Å². The van der Waals surface area contributed by atoms with Crippen LogP contribution in [0.3, 0.4) is 0 Å². The first-order chi connectivity index (χ1) is 16.5. The minimum Gasteiger partial charge on any atom is -0.272 e. The molecule has 1 amide bonds. The third-order valence-corrected chi connectivity index (χ3v) is 6.80. The van der Waals surface area contributed by atoms with Gasteiger partial charge < -0.3 is 0 Å². The fourth-order valence-corrected chi connectivity index (χ4v) is 4.39. The van der Waals surface area contributed by atoms with Gasteiger partial charge in [0.25, 0.3) is 5.91 Å². The van der Waals surface area contributed by atoms with Crippen molar-refractivity contribution in [1.82, 2.24) is 20.2 Å². The van der Waals surface area contributed by atoms with E-state index < -0.39 is 0 Å². The van der Waals surface area contributed by atoms with Crippen molar-refractivity contribution in [2.45, 2.75) is 17.0 Å². The molecule has 1 aromatic heterocycles. The lowest BCUT2D eigenvalue weighted by molar-refractivity contribution is -0.118. The van der Waals surface area contributed by atoms with Gasteiger partial charge >= 0.3 is 0 Å². The van der Waals surface area contributed by atoms with Crippen LogP contribution in [-0.2, 0) is 4.79 Å². The van der Waals surface area contributed by atoms with Gasteiger partial charge in [0.05, 0.1) is 12.0 Å². The molecule has 0 aliphatic rings. The number of aryl methyl sites for hydroxylation is 1. The SMILES string of the molecule is CSc1ccc(/C=N\NC(=O)CSc2nnc(-c3ccc(C)cc3)n2-c2ccc(Cl)cc2)cc1. The predicted molar refractivity (Wildman–Crippen MR) is 141 cm³/mol. The smallest absolute Gasteiger partial charge is 0.250 e. The van der Waals surface area contributed by atoms with E-state index in [2.05, 4.69) is 20.7 Å². The Morgan fingerprint density at radius 2 is 1.74 bits per heavy atom. The Bertz CT molecular complexity index is 1290. The number of hydrogen-bond donors (Lipinski definition) is 1. The zero-order valence-electron chi connectivity index (χ0n) is 18.6. The number of carbonyl (C=O) groups is 1. The van der Waals surface area contributed by atoms with E-state index in [1.54, 1.807) is 18.0 Å². The first-order valence-corrected chi connectivity index (χ1v) is 13.0. The maximum atomic E-state index is 12.4. The number of benzene rings is 3. The van der Waals surface area contributed by atoms with E-state index in [9.17, 15) is 4.79 Å². The number of nitrogens with zero attached hydrogens (tertiary/aromatic N) is 4. The molecule has 0 aliphatic heterocycles. The van der Waals surface area contributed by atoms with E-state index in [4.69, 9.17) is 11.6 Å². The average Bonchev–Trinajstić information content (AvgIpc) is 3.28. The van der Waals surface area contributed by atoms with Crippen LogP contribution < -0.4 is 5.43 Å². The zero-order chi connectivity index (χ0) is 23.9. The van der Waals surface area contributed by atoms with Gasteiger partial charge in [-0.25, -0.2) is 5.43 Å². The minimum atomic E-state index is -0.232. The van der Waals surface area contributed by atoms with Crippen LogP contribution in [0.15, 0.2) is 87.9 Å². The Kier molecular flexibility index (Phi) is 8.05. The van der Waals surface area contributed by atoms with Crippen molar-refractivity contribution in [2.24, 2.45) is 5.10 Å². The summed E-state index contributed by atoms with van der Waals surface area (Å²) in [5.74, 6) is 0.601. The number of hydrazone groups is 1. The Morgan fingerprint density at radius 1 is 1.03 bits per heavy atom. The number of aromatic nitrogens is 3. The highest BCUT2D eigenvalue weighted by Gasteiger charge is 2.17. The van der Waals surface area contributed by atoms with Crippen LogP contribution in [0, 0.1) is 6.92 Å². The van der Waals surface area contributed by atoms with Gasteiger partial charge in [-0.1, -0.05) is 65.3 Å². The second-order valence-electron chi connectivity index (χ2n) is 7.34. The molecular weight excluding hydrogens is 486 g/mol. The lowest BCUT2D eigenvalue weighted by Gasteiger charge is -2.10. The van der Waals surface area contributed by atoms with E-state index in [1.807, 2.05) is 90.5 Å². The molecule has 4 rings (SSSR count). The van der Waals surface area contributed by atoms with Crippen LogP contribution in [0.4, 0.5) is 0 Å². The van der Waals surface area contributed by atoms with E-state index >= 15 is 0 Å². The lowest BCUT2D eigenvalue weighted by Crippen LogP contribution is -2.20. The van der Waals surface area contributed by atoms with Crippen molar-refractivity contribution in [3.05, 3.63) is 88.9 Å². The molecule has 0 fully saturated rings. The molecule has 1 N–H and O–H groups in total. The molecule has 4 aromatic rings. The van der Waals surface area contributed by atoms with Gasteiger partial charge in [-0.2, -0.15) is 5.10 Å². The highest BCUT2D eigenvalue weighted by atomic mass is 35.5. The number of nitrogens with one attached hydrogen (secondary N) is 1. The van der Waals surface area contributed by atoms with E-state index in [0.29, 0.717) is 16.0 Å². The highest BCUT2D eigenvalue weighted by Crippen LogP contribution is 2.28. The molecule has 1 heterocycles. The quantitative estimate of drug-likeness (QED) is 0.184. The largest absolute Gasteiger partial charge is 0.272 e. The number of hydrogen-bond acceptors (Lipinski definition) is 6. The maximum absolute atomic E-state index is 12.4. The number of halogens is 1. The van der Waals surface area contributed by atoms with Crippen molar-refractivity contribution >= 4 is 47.2 Å². The van der Waals surface area contributed by atoms with Gasteiger partial charge in [-0.15, -0.1) is 22.0 Å². The molecule has 34 heavy (non-hydrogen) atoms. The molecule has 0 bridgehead atoms. The summed E-state index contributed by atoms with van der Waals surface area (Å²) in [6.07, 6.45) is 3.65. The van der Waals surface area contributed by atoms with Crippen molar-refractivity contribution in [3.8, 4) is 17.1 Å². The Hall–Kier alpha value is -3.07. The molecule has 0 radical (unpaired) electrons.